The van der Waals surface area contributed by atoms with Gasteiger partial charge in [-0.2, -0.15) is 0 Å². The van der Waals surface area contributed by atoms with E-state index in [-0.39, 0.29) is 6.09 Å². The van der Waals surface area contributed by atoms with Gasteiger partial charge in [-0.25, -0.2) is 4.79 Å². The molecule has 17 heavy (non-hydrogen) atoms. The summed E-state index contributed by atoms with van der Waals surface area (Å²) >= 11 is 0. The van der Waals surface area contributed by atoms with Crippen molar-refractivity contribution in [1.82, 2.24) is 4.90 Å². The maximum atomic E-state index is 11.8. The second kappa shape index (κ2) is 5.25. The molecule has 0 aromatic rings. The van der Waals surface area contributed by atoms with Gasteiger partial charge in [0.2, 0.25) is 0 Å². The first-order valence-corrected chi connectivity index (χ1v) is 6.73. The molecule has 1 aliphatic carbocycles. The Bertz CT molecular complexity index is 281. The van der Waals surface area contributed by atoms with Crippen LogP contribution in [0.25, 0.3) is 0 Å². The monoisotopic (exact) mass is 240 g/mol. The van der Waals surface area contributed by atoms with Gasteiger partial charge in [-0.05, 0) is 37.0 Å². The van der Waals surface area contributed by atoms with Crippen LogP contribution in [0.2, 0.25) is 0 Å². The van der Waals surface area contributed by atoms with Crippen molar-refractivity contribution in [3.63, 3.8) is 0 Å². The van der Waals surface area contributed by atoms with E-state index in [0.29, 0.717) is 30.4 Å². The molecule has 0 bridgehead atoms. The number of rotatable bonds is 2. The van der Waals surface area contributed by atoms with E-state index < -0.39 is 0 Å². The van der Waals surface area contributed by atoms with Gasteiger partial charge in [0, 0.05) is 19.1 Å². The molecule has 4 heteroatoms. The minimum Gasteiger partial charge on any atom is -0.449 e. The van der Waals surface area contributed by atoms with Crippen molar-refractivity contribution in [2.24, 2.45) is 23.5 Å². The first-order valence-electron chi connectivity index (χ1n) is 6.73. The van der Waals surface area contributed by atoms with Gasteiger partial charge in [0.25, 0.3) is 0 Å². The molecule has 0 aromatic carbocycles. The number of likely N-dealkylation sites (tertiary alicyclic amines) is 1. The number of fused-ring (bicyclic) bond motifs is 1. The van der Waals surface area contributed by atoms with Crippen LogP contribution in [0.5, 0.6) is 0 Å². The summed E-state index contributed by atoms with van der Waals surface area (Å²) in [5.74, 6) is 1.66. The van der Waals surface area contributed by atoms with Gasteiger partial charge in [-0.3, -0.25) is 0 Å². The lowest BCUT2D eigenvalue weighted by molar-refractivity contribution is 0.0977. The lowest BCUT2D eigenvalue weighted by Gasteiger charge is -2.27. The molecule has 1 saturated heterocycles. The lowest BCUT2D eigenvalue weighted by atomic mass is 9.79. The lowest BCUT2D eigenvalue weighted by Crippen LogP contribution is -2.32. The van der Waals surface area contributed by atoms with Crippen molar-refractivity contribution in [3.8, 4) is 0 Å². The van der Waals surface area contributed by atoms with Gasteiger partial charge in [-0.1, -0.05) is 13.8 Å². The molecule has 1 amide bonds. The van der Waals surface area contributed by atoms with E-state index in [9.17, 15) is 4.79 Å². The maximum Gasteiger partial charge on any atom is 0.409 e. The highest BCUT2D eigenvalue weighted by molar-refractivity contribution is 5.68. The van der Waals surface area contributed by atoms with Crippen molar-refractivity contribution in [3.05, 3.63) is 0 Å². The number of nitrogens with zero attached hydrogens (tertiary/aromatic N) is 1. The zero-order valence-corrected chi connectivity index (χ0v) is 10.9. The number of carbonyl (C=O) groups excluding carboxylic acids is 1. The van der Waals surface area contributed by atoms with Crippen molar-refractivity contribution in [2.75, 3.05) is 19.7 Å². The van der Waals surface area contributed by atoms with Crippen molar-refractivity contribution in [1.29, 1.82) is 0 Å². The van der Waals surface area contributed by atoms with E-state index in [1.807, 2.05) is 4.90 Å². The van der Waals surface area contributed by atoms with Crippen molar-refractivity contribution >= 4 is 6.09 Å². The molecule has 0 radical (unpaired) electrons. The number of nitrogens with two attached hydrogens (primary N) is 1. The summed E-state index contributed by atoms with van der Waals surface area (Å²) in [5, 5.41) is 0. The van der Waals surface area contributed by atoms with E-state index in [4.69, 9.17) is 10.5 Å². The fraction of sp³-hybridized carbons (Fsp3) is 0.923. The van der Waals surface area contributed by atoms with Crippen LogP contribution in [0.3, 0.4) is 0 Å². The molecule has 0 spiro atoms. The molecule has 1 saturated carbocycles. The minimum absolute atomic E-state index is 0.137. The van der Waals surface area contributed by atoms with Crippen LogP contribution in [-0.2, 0) is 4.74 Å². The quantitative estimate of drug-likeness (QED) is 0.801. The van der Waals surface area contributed by atoms with Gasteiger partial charge >= 0.3 is 6.09 Å². The highest BCUT2D eigenvalue weighted by Crippen LogP contribution is 2.35. The number of amides is 1. The Balaban J connectivity index is 1.82. The first kappa shape index (κ1) is 12.7. The molecular formula is C13H24N2O2. The van der Waals surface area contributed by atoms with Gasteiger partial charge in [-0.15, -0.1) is 0 Å². The predicted octanol–water partition coefficient (Wildman–Crippen LogP) is 1.84. The van der Waals surface area contributed by atoms with E-state index in [1.165, 1.54) is 6.42 Å². The molecule has 0 aromatic heterocycles. The average molecular weight is 240 g/mol. The Kier molecular flexibility index (Phi) is 3.92. The highest BCUT2D eigenvalue weighted by Gasteiger charge is 2.39. The van der Waals surface area contributed by atoms with Crippen molar-refractivity contribution < 1.29 is 9.53 Å². The van der Waals surface area contributed by atoms with Gasteiger partial charge in [0.1, 0.15) is 0 Å². The first-order chi connectivity index (χ1) is 8.06. The fourth-order valence-electron chi connectivity index (χ4n) is 2.95. The van der Waals surface area contributed by atoms with E-state index >= 15 is 0 Å². The van der Waals surface area contributed by atoms with Crippen LogP contribution < -0.4 is 5.73 Å². The Labute approximate surface area is 103 Å². The standard InChI is InChI=1S/C13H24N2O2/c1-9(2)8-17-13(16)15-6-10-3-4-12(14)5-11(10)7-15/h9-12H,3-8,14H2,1-2H3/t10-,11+,12?/m1/s1. The molecule has 98 valence electrons. The second-order valence-electron chi connectivity index (χ2n) is 5.97. The van der Waals surface area contributed by atoms with Crippen LogP contribution in [0, 0.1) is 17.8 Å². The molecular weight excluding hydrogens is 216 g/mol. The Morgan fingerprint density at radius 1 is 1.35 bits per heavy atom. The smallest absolute Gasteiger partial charge is 0.409 e. The van der Waals surface area contributed by atoms with E-state index in [1.54, 1.807) is 0 Å². The van der Waals surface area contributed by atoms with Crippen LogP contribution in [0.15, 0.2) is 0 Å². The van der Waals surface area contributed by atoms with Gasteiger partial charge in [0.05, 0.1) is 6.61 Å². The summed E-state index contributed by atoms with van der Waals surface area (Å²) in [4.78, 5) is 13.7. The summed E-state index contributed by atoms with van der Waals surface area (Å²) in [6.45, 7) is 6.33. The summed E-state index contributed by atoms with van der Waals surface area (Å²) < 4.78 is 5.28. The number of carbonyl (C=O) groups is 1. The minimum atomic E-state index is -0.137. The summed E-state index contributed by atoms with van der Waals surface area (Å²) in [7, 11) is 0. The number of hydrogen-bond acceptors (Lipinski definition) is 3. The predicted molar refractivity (Wildman–Crippen MR) is 66.6 cm³/mol. The molecule has 3 atom stereocenters. The normalized spacial score (nSPS) is 32.7. The zero-order chi connectivity index (χ0) is 12.4. The summed E-state index contributed by atoms with van der Waals surface area (Å²) in [6, 6.07) is 0.336. The summed E-state index contributed by atoms with van der Waals surface area (Å²) in [5.41, 5.74) is 5.98. The molecule has 2 aliphatic rings. The number of hydrogen-bond donors (Lipinski definition) is 1. The van der Waals surface area contributed by atoms with Gasteiger partial charge in [0.15, 0.2) is 0 Å². The third-order valence-electron chi connectivity index (χ3n) is 3.89. The topological polar surface area (TPSA) is 55.6 Å². The van der Waals surface area contributed by atoms with E-state index in [0.717, 1.165) is 25.9 Å². The Hall–Kier alpha value is -0.770. The molecule has 1 heterocycles. The maximum absolute atomic E-state index is 11.8. The van der Waals surface area contributed by atoms with Crippen LogP contribution in [0.1, 0.15) is 33.1 Å². The molecule has 2 rings (SSSR count). The van der Waals surface area contributed by atoms with Crippen molar-refractivity contribution in [2.45, 2.75) is 39.2 Å². The molecule has 4 nitrogen and oxygen atoms in total. The highest BCUT2D eigenvalue weighted by atomic mass is 16.6. The average Bonchev–Trinajstić information content (AvgIpc) is 2.68. The molecule has 2 N–H and O–H groups in total. The van der Waals surface area contributed by atoms with E-state index in [2.05, 4.69) is 13.8 Å². The molecule has 1 aliphatic heterocycles. The Morgan fingerprint density at radius 2 is 2.06 bits per heavy atom. The SMILES string of the molecule is CC(C)COC(=O)N1C[C@H]2CCC(N)C[C@H]2C1. The van der Waals surface area contributed by atoms with Crippen LogP contribution >= 0.6 is 0 Å². The van der Waals surface area contributed by atoms with Crippen LogP contribution in [0.4, 0.5) is 4.79 Å². The third kappa shape index (κ3) is 3.12. The number of ether oxygens (including phenoxy) is 1. The second-order valence-corrected chi connectivity index (χ2v) is 5.97. The summed E-state index contributed by atoms with van der Waals surface area (Å²) in [6.07, 6.45) is 3.20. The van der Waals surface area contributed by atoms with Crippen LogP contribution in [-0.4, -0.2) is 36.7 Å². The van der Waals surface area contributed by atoms with Gasteiger partial charge < -0.3 is 15.4 Å². The fourth-order valence-corrected chi connectivity index (χ4v) is 2.95. The zero-order valence-electron chi connectivity index (χ0n) is 10.9. The molecule has 1 unspecified atom stereocenters. The largest absolute Gasteiger partial charge is 0.449 e. The molecule has 2 fully saturated rings. The Morgan fingerprint density at radius 3 is 2.76 bits per heavy atom. The third-order valence-corrected chi connectivity index (χ3v) is 3.89.